The van der Waals surface area contributed by atoms with Crippen LogP contribution in [-0.2, 0) is 9.84 Å². The Kier molecular flexibility index (Phi) is 5.44. The molecule has 0 aliphatic carbocycles. The fraction of sp³-hybridized carbons (Fsp3) is 0. The highest BCUT2D eigenvalue weighted by molar-refractivity contribution is 7.93. The first-order valence-electron chi connectivity index (χ1n) is 7.45. The van der Waals surface area contributed by atoms with Gasteiger partial charge in [-0.05, 0) is 36.5 Å². The molecule has 0 radical (unpaired) electrons. The van der Waals surface area contributed by atoms with E-state index in [0.29, 0.717) is 10.1 Å². The van der Waals surface area contributed by atoms with Gasteiger partial charge in [-0.1, -0.05) is 29.5 Å². The second-order valence-corrected chi connectivity index (χ2v) is 8.75. The molecule has 2 N–H and O–H groups in total. The third-order valence-electron chi connectivity index (χ3n) is 3.34. The Bertz CT molecular complexity index is 1080. The van der Waals surface area contributed by atoms with Crippen molar-refractivity contribution >= 4 is 54.9 Å². The number of benzene rings is 2. The molecule has 11 heteroatoms. The molecule has 0 fully saturated rings. The van der Waals surface area contributed by atoms with Crippen LogP contribution in [0.1, 0.15) is 0 Å². The van der Waals surface area contributed by atoms with Crippen LogP contribution in [-0.4, -0.2) is 23.4 Å². The lowest BCUT2D eigenvalue weighted by atomic mass is 10.3. The van der Waals surface area contributed by atoms with Gasteiger partial charge in [0.25, 0.3) is 5.69 Å². The van der Waals surface area contributed by atoms with Crippen LogP contribution in [0.5, 0.6) is 0 Å². The summed E-state index contributed by atoms with van der Waals surface area (Å²) >= 11 is 6.11. The number of thiazole rings is 1. The molecule has 1 aromatic heterocycles. The quantitative estimate of drug-likeness (QED) is 0.365. The molecular formula is C16H12N4O4S3. The van der Waals surface area contributed by atoms with Gasteiger partial charge in [0.15, 0.2) is 5.11 Å². The zero-order valence-electron chi connectivity index (χ0n) is 13.5. The lowest BCUT2D eigenvalue weighted by Gasteiger charge is -2.08. The molecule has 1 heterocycles. The van der Waals surface area contributed by atoms with Gasteiger partial charge < -0.3 is 10.6 Å². The molecule has 2 aromatic carbocycles. The Morgan fingerprint density at radius 2 is 1.74 bits per heavy atom. The molecule has 0 unspecified atom stereocenters. The Hall–Kier alpha value is -2.89. The molecule has 0 spiro atoms. The molecule has 0 saturated heterocycles. The van der Waals surface area contributed by atoms with Crippen LogP contribution in [0.2, 0.25) is 0 Å². The number of aromatic nitrogens is 1. The standard InChI is InChI=1S/C16H12N4O4S3/c21-20(22)12-6-8-13(9-7-12)27(23,24)16-17-10-14(26-16)19-15(25)18-11-4-2-1-3-5-11/h1-10H,(H2,18,19,25). The van der Waals surface area contributed by atoms with Crippen molar-refractivity contribution in [3.63, 3.8) is 0 Å². The molecule has 0 atom stereocenters. The van der Waals surface area contributed by atoms with Crippen LogP contribution in [0.4, 0.5) is 16.4 Å². The molecule has 8 nitrogen and oxygen atoms in total. The summed E-state index contributed by atoms with van der Waals surface area (Å²) in [5, 5.41) is 17.3. The molecule has 0 aliphatic rings. The number of nitro groups is 1. The topological polar surface area (TPSA) is 114 Å². The first-order valence-corrected chi connectivity index (χ1v) is 10.2. The van der Waals surface area contributed by atoms with Gasteiger partial charge >= 0.3 is 0 Å². The van der Waals surface area contributed by atoms with E-state index in [1.807, 2.05) is 30.3 Å². The fourth-order valence-electron chi connectivity index (χ4n) is 2.08. The van der Waals surface area contributed by atoms with Gasteiger partial charge in [-0.3, -0.25) is 10.1 Å². The first-order chi connectivity index (χ1) is 12.9. The van der Waals surface area contributed by atoms with Gasteiger partial charge in [-0.15, -0.1) is 0 Å². The van der Waals surface area contributed by atoms with Crippen LogP contribution in [0.25, 0.3) is 0 Å². The molecule has 0 amide bonds. The van der Waals surface area contributed by atoms with Gasteiger partial charge in [0.1, 0.15) is 5.00 Å². The van der Waals surface area contributed by atoms with E-state index in [9.17, 15) is 18.5 Å². The SMILES string of the molecule is O=[N+]([O-])c1ccc(S(=O)(=O)c2ncc(NC(=S)Nc3ccccc3)s2)cc1. The van der Waals surface area contributed by atoms with Crippen LogP contribution in [0.3, 0.4) is 0 Å². The number of nitrogens with zero attached hydrogens (tertiary/aromatic N) is 2. The minimum absolute atomic E-state index is 0.0704. The van der Waals surface area contributed by atoms with Gasteiger partial charge in [-0.25, -0.2) is 13.4 Å². The molecule has 0 aliphatic heterocycles. The molecule has 3 rings (SSSR count). The van der Waals surface area contributed by atoms with E-state index in [4.69, 9.17) is 12.2 Å². The largest absolute Gasteiger partial charge is 0.332 e. The summed E-state index contributed by atoms with van der Waals surface area (Å²) < 4.78 is 25.1. The van der Waals surface area contributed by atoms with Crippen molar-refractivity contribution in [2.45, 2.75) is 9.24 Å². The number of anilines is 2. The summed E-state index contributed by atoms with van der Waals surface area (Å²) in [6.07, 6.45) is 1.36. The second kappa shape index (κ2) is 7.78. The number of non-ortho nitro benzene ring substituents is 1. The summed E-state index contributed by atoms with van der Waals surface area (Å²) in [6.45, 7) is 0. The van der Waals surface area contributed by atoms with Crippen molar-refractivity contribution in [2.75, 3.05) is 10.6 Å². The number of rotatable bonds is 5. The predicted molar refractivity (Wildman–Crippen MR) is 107 cm³/mol. The van der Waals surface area contributed by atoms with E-state index in [1.165, 1.54) is 18.3 Å². The Morgan fingerprint density at radius 3 is 2.37 bits per heavy atom. The molecule has 27 heavy (non-hydrogen) atoms. The van der Waals surface area contributed by atoms with E-state index in [1.54, 1.807) is 0 Å². The van der Waals surface area contributed by atoms with E-state index in [-0.39, 0.29) is 14.9 Å². The maximum absolute atomic E-state index is 12.6. The van der Waals surface area contributed by atoms with Gasteiger partial charge in [0.05, 0.1) is 16.0 Å². The van der Waals surface area contributed by atoms with E-state index in [2.05, 4.69) is 15.6 Å². The highest BCUT2D eigenvalue weighted by atomic mass is 32.2. The number of hydrogen-bond donors (Lipinski definition) is 2. The third kappa shape index (κ3) is 4.45. The van der Waals surface area contributed by atoms with E-state index >= 15 is 0 Å². The summed E-state index contributed by atoms with van der Waals surface area (Å²) in [7, 11) is -3.87. The number of nitro benzene ring substituents is 1. The van der Waals surface area contributed by atoms with Gasteiger partial charge in [-0.2, -0.15) is 0 Å². The summed E-state index contributed by atoms with van der Waals surface area (Å²) in [5.74, 6) is 0. The summed E-state index contributed by atoms with van der Waals surface area (Å²) in [4.78, 5) is 14.0. The monoisotopic (exact) mass is 420 g/mol. The normalized spacial score (nSPS) is 11.0. The van der Waals surface area contributed by atoms with E-state index in [0.717, 1.165) is 29.2 Å². The predicted octanol–water partition coefficient (Wildman–Crippen LogP) is 3.69. The van der Waals surface area contributed by atoms with Crippen LogP contribution in [0, 0.1) is 10.1 Å². The van der Waals surface area contributed by atoms with Crippen molar-refractivity contribution in [1.29, 1.82) is 0 Å². The lowest BCUT2D eigenvalue weighted by molar-refractivity contribution is -0.384. The van der Waals surface area contributed by atoms with Crippen molar-refractivity contribution in [3.05, 3.63) is 70.9 Å². The van der Waals surface area contributed by atoms with Crippen molar-refractivity contribution in [2.24, 2.45) is 0 Å². The molecular weight excluding hydrogens is 408 g/mol. The van der Waals surface area contributed by atoms with Crippen molar-refractivity contribution < 1.29 is 13.3 Å². The Balaban J connectivity index is 1.74. The molecule has 138 valence electrons. The highest BCUT2D eigenvalue weighted by Crippen LogP contribution is 2.29. The lowest BCUT2D eigenvalue weighted by Crippen LogP contribution is -2.18. The minimum atomic E-state index is -3.87. The Labute approximate surface area is 164 Å². The zero-order valence-corrected chi connectivity index (χ0v) is 16.0. The number of hydrogen-bond acceptors (Lipinski definition) is 7. The van der Waals surface area contributed by atoms with Gasteiger partial charge in [0, 0.05) is 17.8 Å². The van der Waals surface area contributed by atoms with Crippen molar-refractivity contribution in [1.82, 2.24) is 4.98 Å². The molecule has 0 bridgehead atoms. The number of thiocarbonyl (C=S) groups is 1. The summed E-state index contributed by atoms with van der Waals surface area (Å²) in [5.41, 5.74) is 0.603. The molecule has 0 saturated carbocycles. The van der Waals surface area contributed by atoms with Crippen LogP contribution >= 0.6 is 23.6 Å². The van der Waals surface area contributed by atoms with Crippen molar-refractivity contribution in [3.8, 4) is 0 Å². The van der Waals surface area contributed by atoms with Gasteiger partial charge in [0.2, 0.25) is 14.2 Å². The Morgan fingerprint density at radius 1 is 1.07 bits per heavy atom. The smallest absolute Gasteiger partial charge is 0.269 e. The average molecular weight is 420 g/mol. The second-order valence-electron chi connectivity index (χ2n) is 5.19. The summed E-state index contributed by atoms with van der Waals surface area (Å²) in [6, 6.07) is 13.9. The number of para-hydroxylation sites is 1. The highest BCUT2D eigenvalue weighted by Gasteiger charge is 2.23. The number of sulfone groups is 1. The van der Waals surface area contributed by atoms with Crippen LogP contribution in [0.15, 0.2) is 70.0 Å². The van der Waals surface area contributed by atoms with E-state index < -0.39 is 14.8 Å². The third-order valence-corrected chi connectivity index (χ3v) is 6.62. The maximum Gasteiger partial charge on any atom is 0.269 e. The first kappa shape index (κ1) is 18.9. The fourth-order valence-corrected chi connectivity index (χ4v) is 4.81. The number of nitrogens with one attached hydrogen (secondary N) is 2. The average Bonchev–Trinajstić information content (AvgIpc) is 3.11. The zero-order chi connectivity index (χ0) is 19.4. The maximum atomic E-state index is 12.6. The molecule has 3 aromatic rings. The van der Waals surface area contributed by atoms with Crippen LogP contribution < -0.4 is 10.6 Å². The minimum Gasteiger partial charge on any atom is -0.332 e.